The Kier molecular flexibility index (Phi) is 6.73. The van der Waals surface area contributed by atoms with Gasteiger partial charge in [0.1, 0.15) is 5.82 Å². The van der Waals surface area contributed by atoms with Crippen LogP contribution in [-0.4, -0.2) is 54.8 Å². The zero-order valence-corrected chi connectivity index (χ0v) is 14.4. The molecule has 1 aliphatic rings. The van der Waals surface area contributed by atoms with Gasteiger partial charge in [-0.3, -0.25) is 14.5 Å². The summed E-state index contributed by atoms with van der Waals surface area (Å²) in [5, 5.41) is 2.63. The van der Waals surface area contributed by atoms with Crippen LogP contribution in [0.1, 0.15) is 32.1 Å². The van der Waals surface area contributed by atoms with Gasteiger partial charge in [0.05, 0.1) is 13.1 Å². The molecular weight excluding hydrogens is 309 g/mol. The van der Waals surface area contributed by atoms with Gasteiger partial charge in [0.25, 0.3) is 0 Å². The maximum absolute atomic E-state index is 13.1. The summed E-state index contributed by atoms with van der Waals surface area (Å²) in [5.41, 5.74) is 0.416. The smallest absolute Gasteiger partial charge is 0.238 e. The third-order valence-electron chi connectivity index (χ3n) is 4.44. The first kappa shape index (κ1) is 18.4. The van der Waals surface area contributed by atoms with E-state index in [1.165, 1.54) is 37.5 Å². The summed E-state index contributed by atoms with van der Waals surface area (Å²) in [7, 11) is 3.58. The first-order valence-electron chi connectivity index (χ1n) is 8.45. The largest absolute Gasteiger partial charge is 0.342 e. The van der Waals surface area contributed by atoms with Crippen LogP contribution in [0, 0.1) is 5.82 Å². The van der Waals surface area contributed by atoms with E-state index >= 15 is 0 Å². The average Bonchev–Trinajstić information content (AvgIpc) is 2.54. The van der Waals surface area contributed by atoms with Crippen LogP contribution in [0.3, 0.4) is 0 Å². The van der Waals surface area contributed by atoms with Crippen LogP contribution >= 0.6 is 0 Å². The van der Waals surface area contributed by atoms with Crippen LogP contribution < -0.4 is 5.32 Å². The summed E-state index contributed by atoms with van der Waals surface area (Å²) < 4.78 is 13.1. The average molecular weight is 335 g/mol. The fraction of sp³-hybridized carbons (Fsp3) is 0.556. The molecule has 1 saturated carbocycles. The lowest BCUT2D eigenvalue weighted by Crippen LogP contribution is -2.44. The molecule has 2 amide bonds. The van der Waals surface area contributed by atoms with Crippen molar-refractivity contribution < 1.29 is 14.0 Å². The fourth-order valence-corrected chi connectivity index (χ4v) is 3.08. The molecule has 0 heterocycles. The summed E-state index contributed by atoms with van der Waals surface area (Å²) in [6, 6.07) is 6.07. The highest BCUT2D eigenvalue weighted by Gasteiger charge is 2.23. The first-order chi connectivity index (χ1) is 11.5. The summed E-state index contributed by atoms with van der Waals surface area (Å²) in [5.74, 6) is -0.635. The lowest BCUT2D eigenvalue weighted by Gasteiger charge is -2.32. The Morgan fingerprint density at radius 2 is 1.88 bits per heavy atom. The number of carbonyl (C=O) groups is 2. The Balaban J connectivity index is 1.78. The van der Waals surface area contributed by atoms with E-state index in [0.717, 1.165) is 12.8 Å². The van der Waals surface area contributed by atoms with Crippen molar-refractivity contribution in [3.8, 4) is 0 Å². The van der Waals surface area contributed by atoms with Gasteiger partial charge in [-0.2, -0.15) is 0 Å². The number of halogens is 1. The molecule has 1 N–H and O–H groups in total. The number of hydrogen-bond acceptors (Lipinski definition) is 3. The number of likely N-dealkylation sites (N-methyl/N-ethyl adjacent to an activating group) is 2. The minimum Gasteiger partial charge on any atom is -0.342 e. The Bertz CT molecular complexity index is 573. The van der Waals surface area contributed by atoms with E-state index in [1.807, 2.05) is 11.9 Å². The summed E-state index contributed by atoms with van der Waals surface area (Å²) in [6.07, 6.45) is 5.72. The molecule has 6 heteroatoms. The highest BCUT2D eigenvalue weighted by Crippen LogP contribution is 2.21. The predicted molar refractivity (Wildman–Crippen MR) is 92.2 cm³/mol. The van der Waals surface area contributed by atoms with Crippen LogP contribution in [0.4, 0.5) is 10.1 Å². The van der Waals surface area contributed by atoms with E-state index in [0.29, 0.717) is 11.7 Å². The van der Waals surface area contributed by atoms with Crippen LogP contribution in [0.5, 0.6) is 0 Å². The number of carbonyl (C=O) groups excluding carboxylic acids is 2. The molecule has 0 atom stereocenters. The van der Waals surface area contributed by atoms with Gasteiger partial charge in [-0.15, -0.1) is 0 Å². The van der Waals surface area contributed by atoms with Crippen molar-refractivity contribution in [1.29, 1.82) is 0 Å². The molecule has 5 nitrogen and oxygen atoms in total. The van der Waals surface area contributed by atoms with Gasteiger partial charge in [-0.25, -0.2) is 4.39 Å². The molecule has 0 bridgehead atoms. The Morgan fingerprint density at radius 3 is 2.54 bits per heavy atom. The molecule has 0 saturated heterocycles. The van der Waals surface area contributed by atoms with E-state index in [1.54, 1.807) is 18.0 Å². The third kappa shape index (κ3) is 5.60. The van der Waals surface area contributed by atoms with E-state index in [-0.39, 0.29) is 24.9 Å². The predicted octanol–water partition coefficient (Wildman–Crippen LogP) is 2.49. The molecule has 0 aliphatic heterocycles. The molecule has 1 aromatic carbocycles. The Hall–Kier alpha value is -1.95. The summed E-state index contributed by atoms with van der Waals surface area (Å²) >= 11 is 0. The number of benzene rings is 1. The van der Waals surface area contributed by atoms with Crippen LogP contribution in [0.2, 0.25) is 0 Å². The van der Waals surface area contributed by atoms with Crippen LogP contribution in [-0.2, 0) is 9.59 Å². The number of nitrogens with zero attached hydrogens (tertiary/aromatic N) is 2. The SMILES string of the molecule is CN(CC(=O)Nc1cccc(F)c1)CC(=O)N(C)C1CCCCC1. The minimum atomic E-state index is -0.398. The number of rotatable bonds is 6. The van der Waals surface area contributed by atoms with E-state index < -0.39 is 5.82 Å². The van der Waals surface area contributed by atoms with Gasteiger partial charge in [0.15, 0.2) is 0 Å². The monoisotopic (exact) mass is 335 g/mol. The molecule has 1 aromatic rings. The lowest BCUT2D eigenvalue weighted by atomic mass is 9.94. The highest BCUT2D eigenvalue weighted by molar-refractivity contribution is 5.92. The Morgan fingerprint density at radius 1 is 1.17 bits per heavy atom. The van der Waals surface area contributed by atoms with Crippen LogP contribution in [0.15, 0.2) is 24.3 Å². The van der Waals surface area contributed by atoms with Crippen LogP contribution in [0.25, 0.3) is 0 Å². The number of amides is 2. The molecule has 132 valence electrons. The minimum absolute atomic E-state index is 0.0305. The maximum Gasteiger partial charge on any atom is 0.238 e. The lowest BCUT2D eigenvalue weighted by molar-refractivity contribution is -0.133. The summed E-state index contributed by atoms with van der Waals surface area (Å²) in [4.78, 5) is 27.8. The van der Waals surface area contributed by atoms with Crippen molar-refractivity contribution >= 4 is 17.5 Å². The molecule has 0 radical (unpaired) electrons. The highest BCUT2D eigenvalue weighted by atomic mass is 19.1. The molecule has 0 unspecified atom stereocenters. The van der Waals surface area contributed by atoms with Gasteiger partial charge in [-0.05, 0) is 38.1 Å². The van der Waals surface area contributed by atoms with Gasteiger partial charge >= 0.3 is 0 Å². The number of nitrogens with one attached hydrogen (secondary N) is 1. The molecule has 2 rings (SSSR count). The molecule has 24 heavy (non-hydrogen) atoms. The maximum atomic E-state index is 13.1. The summed E-state index contributed by atoms with van der Waals surface area (Å²) in [6.45, 7) is 0.282. The second-order valence-electron chi connectivity index (χ2n) is 6.53. The van der Waals surface area contributed by atoms with Crippen molar-refractivity contribution in [3.63, 3.8) is 0 Å². The van der Waals surface area contributed by atoms with Crippen molar-refractivity contribution in [2.24, 2.45) is 0 Å². The molecule has 1 aliphatic carbocycles. The second-order valence-corrected chi connectivity index (χ2v) is 6.53. The van der Waals surface area contributed by atoms with Gasteiger partial charge in [-0.1, -0.05) is 25.3 Å². The molecule has 0 spiro atoms. The molecular formula is C18H26FN3O2. The molecule has 0 aromatic heterocycles. The van der Waals surface area contributed by atoms with E-state index in [2.05, 4.69) is 5.32 Å². The van der Waals surface area contributed by atoms with Crippen molar-refractivity contribution in [2.75, 3.05) is 32.5 Å². The zero-order chi connectivity index (χ0) is 17.5. The topological polar surface area (TPSA) is 52.7 Å². The van der Waals surface area contributed by atoms with E-state index in [4.69, 9.17) is 0 Å². The van der Waals surface area contributed by atoms with E-state index in [9.17, 15) is 14.0 Å². The number of anilines is 1. The zero-order valence-electron chi connectivity index (χ0n) is 14.4. The first-order valence-corrected chi connectivity index (χ1v) is 8.45. The van der Waals surface area contributed by atoms with Crippen molar-refractivity contribution in [3.05, 3.63) is 30.1 Å². The number of hydrogen-bond donors (Lipinski definition) is 1. The van der Waals surface area contributed by atoms with Crippen molar-refractivity contribution in [1.82, 2.24) is 9.80 Å². The van der Waals surface area contributed by atoms with Gasteiger partial charge in [0.2, 0.25) is 11.8 Å². The molecule has 1 fully saturated rings. The fourth-order valence-electron chi connectivity index (χ4n) is 3.08. The van der Waals surface area contributed by atoms with Crippen molar-refractivity contribution in [2.45, 2.75) is 38.1 Å². The standard InChI is InChI=1S/C18H26FN3O2/c1-21(12-17(23)20-15-8-6-7-14(19)11-15)13-18(24)22(2)16-9-4-3-5-10-16/h6-8,11,16H,3-5,9-10,12-13H2,1-2H3,(H,20,23). The Labute approximate surface area is 142 Å². The third-order valence-corrected chi connectivity index (χ3v) is 4.44. The quantitative estimate of drug-likeness (QED) is 0.869. The van der Waals surface area contributed by atoms with Gasteiger partial charge < -0.3 is 10.2 Å². The normalized spacial score (nSPS) is 15.3. The van der Waals surface area contributed by atoms with Gasteiger partial charge in [0, 0.05) is 18.8 Å². The second kappa shape index (κ2) is 8.78.